The molecule has 5 nitrogen and oxygen atoms in total. The number of hydrogen-bond donors (Lipinski definition) is 1. The second kappa shape index (κ2) is 6.37. The van der Waals surface area contributed by atoms with Crippen LogP contribution in [0.2, 0.25) is 10.0 Å². The van der Waals surface area contributed by atoms with Gasteiger partial charge in [-0.1, -0.05) is 23.2 Å². The van der Waals surface area contributed by atoms with Crippen LogP contribution in [0, 0.1) is 6.92 Å². The Morgan fingerprint density at radius 2 is 1.68 bits per heavy atom. The molecular weight excluding hydrogens is 385 g/mol. The van der Waals surface area contributed by atoms with Gasteiger partial charge in [-0.2, -0.15) is 0 Å². The molecule has 1 heterocycles. The van der Waals surface area contributed by atoms with Gasteiger partial charge in [-0.25, -0.2) is 8.42 Å². The van der Waals surface area contributed by atoms with E-state index < -0.39 is 15.8 Å². The number of carbonyl (C=O) groups is 1. The lowest BCUT2D eigenvalue weighted by molar-refractivity contribution is -0.137. The smallest absolute Gasteiger partial charge is 0.323 e. The number of benzene rings is 2. The standard InChI is InChI=1S/C17H13Cl2NO4S/c1-10-17(25(23,24)13-5-2-11(18)3-6-13)14-8-12(19)4-7-15(14)20(10)9-16(21)22/h2-8H,9H2,1H3,(H,21,22). The van der Waals surface area contributed by atoms with E-state index in [9.17, 15) is 13.2 Å². The highest BCUT2D eigenvalue weighted by molar-refractivity contribution is 7.91. The van der Waals surface area contributed by atoms with Gasteiger partial charge in [0.25, 0.3) is 0 Å². The monoisotopic (exact) mass is 397 g/mol. The molecule has 0 radical (unpaired) electrons. The van der Waals surface area contributed by atoms with Crippen LogP contribution in [-0.2, 0) is 21.2 Å². The molecule has 8 heteroatoms. The van der Waals surface area contributed by atoms with Crippen molar-refractivity contribution in [1.29, 1.82) is 0 Å². The lowest BCUT2D eigenvalue weighted by atomic mass is 10.2. The molecule has 1 N–H and O–H groups in total. The quantitative estimate of drug-likeness (QED) is 0.716. The Morgan fingerprint density at radius 3 is 2.28 bits per heavy atom. The Kier molecular flexibility index (Phi) is 4.53. The third-order valence-electron chi connectivity index (χ3n) is 3.91. The Labute approximate surface area is 154 Å². The van der Waals surface area contributed by atoms with Crippen LogP contribution < -0.4 is 0 Å². The fraction of sp³-hybridized carbons (Fsp3) is 0.118. The number of hydrogen-bond acceptors (Lipinski definition) is 3. The molecule has 0 aliphatic heterocycles. The molecule has 130 valence electrons. The number of rotatable bonds is 4. The lowest BCUT2D eigenvalue weighted by Crippen LogP contribution is -2.11. The van der Waals surface area contributed by atoms with Crippen LogP contribution in [0.25, 0.3) is 10.9 Å². The highest BCUT2D eigenvalue weighted by Crippen LogP contribution is 2.35. The molecule has 0 spiro atoms. The maximum absolute atomic E-state index is 13.1. The highest BCUT2D eigenvalue weighted by atomic mass is 35.5. The van der Waals surface area contributed by atoms with Gasteiger partial charge in [0.15, 0.2) is 0 Å². The van der Waals surface area contributed by atoms with Gasteiger partial charge in [0, 0.05) is 21.1 Å². The zero-order valence-electron chi connectivity index (χ0n) is 13.0. The minimum Gasteiger partial charge on any atom is -0.480 e. The summed E-state index contributed by atoms with van der Waals surface area (Å²) >= 11 is 11.9. The van der Waals surface area contributed by atoms with Gasteiger partial charge >= 0.3 is 5.97 Å². The zero-order valence-corrected chi connectivity index (χ0v) is 15.4. The molecule has 1 aromatic heterocycles. The number of aliphatic carboxylic acids is 1. The predicted octanol–water partition coefficient (Wildman–Crippen LogP) is 4.17. The van der Waals surface area contributed by atoms with E-state index in [0.29, 0.717) is 26.6 Å². The number of carboxylic acid groups (broad SMARTS) is 1. The van der Waals surface area contributed by atoms with E-state index in [4.69, 9.17) is 28.3 Å². The molecule has 3 aromatic rings. The number of fused-ring (bicyclic) bond motifs is 1. The summed E-state index contributed by atoms with van der Waals surface area (Å²) in [5.74, 6) is -1.06. The molecule has 0 bridgehead atoms. The molecule has 0 saturated carbocycles. The van der Waals surface area contributed by atoms with Gasteiger partial charge in [0.05, 0.1) is 10.4 Å². The van der Waals surface area contributed by atoms with E-state index in [1.165, 1.54) is 34.9 Å². The Morgan fingerprint density at radius 1 is 1.08 bits per heavy atom. The van der Waals surface area contributed by atoms with Gasteiger partial charge in [0.1, 0.15) is 11.4 Å². The van der Waals surface area contributed by atoms with E-state index in [0.717, 1.165) is 0 Å². The van der Waals surface area contributed by atoms with Crippen molar-refractivity contribution < 1.29 is 18.3 Å². The molecule has 0 aliphatic carbocycles. The number of nitrogens with zero attached hydrogens (tertiary/aromatic N) is 1. The Bertz CT molecular complexity index is 1090. The molecule has 0 aliphatic rings. The first-order chi connectivity index (χ1) is 11.7. The largest absolute Gasteiger partial charge is 0.480 e. The second-order valence-corrected chi connectivity index (χ2v) is 8.27. The summed E-state index contributed by atoms with van der Waals surface area (Å²) in [6.45, 7) is 1.24. The van der Waals surface area contributed by atoms with Gasteiger partial charge in [-0.05, 0) is 49.4 Å². The summed E-state index contributed by atoms with van der Waals surface area (Å²) in [5.41, 5.74) is 0.839. The SMILES string of the molecule is Cc1c(S(=O)(=O)c2ccc(Cl)cc2)c2cc(Cl)ccc2n1CC(=O)O. The first kappa shape index (κ1) is 17.8. The van der Waals surface area contributed by atoms with E-state index >= 15 is 0 Å². The Balaban J connectivity index is 2.35. The van der Waals surface area contributed by atoms with E-state index in [1.54, 1.807) is 19.1 Å². The molecule has 0 saturated heterocycles. The summed E-state index contributed by atoms with van der Waals surface area (Å²) in [7, 11) is -3.88. The van der Waals surface area contributed by atoms with Crippen LogP contribution >= 0.6 is 23.2 Å². The normalized spacial score (nSPS) is 11.8. The number of aromatic nitrogens is 1. The number of sulfone groups is 1. The maximum atomic E-state index is 13.1. The fourth-order valence-corrected chi connectivity index (χ4v) is 4.81. The van der Waals surface area contributed by atoms with Crippen molar-refractivity contribution in [2.45, 2.75) is 23.3 Å². The molecule has 0 atom stereocenters. The van der Waals surface area contributed by atoms with Gasteiger partial charge in [0.2, 0.25) is 9.84 Å². The van der Waals surface area contributed by atoms with Crippen molar-refractivity contribution >= 4 is 49.9 Å². The van der Waals surface area contributed by atoms with Crippen molar-refractivity contribution in [2.24, 2.45) is 0 Å². The molecule has 0 unspecified atom stereocenters. The van der Waals surface area contributed by atoms with Gasteiger partial charge in [-0.15, -0.1) is 0 Å². The topological polar surface area (TPSA) is 76.4 Å². The molecular formula is C17H13Cl2NO4S. The van der Waals surface area contributed by atoms with Gasteiger partial charge < -0.3 is 9.67 Å². The molecule has 0 amide bonds. The van der Waals surface area contributed by atoms with Crippen LogP contribution in [0.3, 0.4) is 0 Å². The van der Waals surface area contributed by atoms with Crippen LogP contribution in [0.4, 0.5) is 0 Å². The number of halogens is 2. The van der Waals surface area contributed by atoms with Crippen molar-refractivity contribution in [2.75, 3.05) is 0 Å². The number of carboxylic acids is 1. The predicted molar refractivity (Wildman–Crippen MR) is 96.2 cm³/mol. The van der Waals surface area contributed by atoms with Crippen LogP contribution in [0.5, 0.6) is 0 Å². The molecule has 3 rings (SSSR count). The maximum Gasteiger partial charge on any atom is 0.323 e. The first-order valence-electron chi connectivity index (χ1n) is 7.22. The van der Waals surface area contributed by atoms with E-state index in [1.807, 2.05) is 0 Å². The molecule has 0 fully saturated rings. The van der Waals surface area contributed by atoms with Crippen molar-refractivity contribution in [3.05, 3.63) is 58.2 Å². The summed E-state index contributed by atoms with van der Waals surface area (Å²) in [4.78, 5) is 11.3. The van der Waals surface area contributed by atoms with Crippen molar-refractivity contribution in [1.82, 2.24) is 4.57 Å². The van der Waals surface area contributed by atoms with Crippen LogP contribution in [-0.4, -0.2) is 24.1 Å². The average molecular weight is 398 g/mol. The highest BCUT2D eigenvalue weighted by Gasteiger charge is 2.27. The average Bonchev–Trinajstić information content (AvgIpc) is 2.79. The fourth-order valence-electron chi connectivity index (χ4n) is 2.83. The van der Waals surface area contributed by atoms with Crippen molar-refractivity contribution in [3.63, 3.8) is 0 Å². The molecule has 2 aromatic carbocycles. The first-order valence-corrected chi connectivity index (χ1v) is 9.46. The summed E-state index contributed by atoms with van der Waals surface area (Å²) in [5, 5.41) is 10.3. The van der Waals surface area contributed by atoms with Gasteiger partial charge in [-0.3, -0.25) is 4.79 Å². The third-order valence-corrected chi connectivity index (χ3v) is 6.35. The Hall–Kier alpha value is -2.02. The minimum atomic E-state index is -3.88. The van der Waals surface area contributed by atoms with Crippen molar-refractivity contribution in [3.8, 4) is 0 Å². The third kappa shape index (κ3) is 3.13. The lowest BCUT2D eigenvalue weighted by Gasteiger charge is -2.07. The summed E-state index contributed by atoms with van der Waals surface area (Å²) < 4.78 is 27.7. The van der Waals surface area contributed by atoms with E-state index in [-0.39, 0.29) is 16.3 Å². The summed E-state index contributed by atoms with van der Waals surface area (Å²) in [6, 6.07) is 10.6. The van der Waals surface area contributed by atoms with Crippen LogP contribution in [0.15, 0.2) is 52.3 Å². The van der Waals surface area contributed by atoms with E-state index in [2.05, 4.69) is 0 Å². The van der Waals surface area contributed by atoms with Crippen LogP contribution in [0.1, 0.15) is 5.69 Å². The second-order valence-electron chi connectivity index (χ2n) is 5.51. The summed E-state index contributed by atoms with van der Waals surface area (Å²) in [6.07, 6.45) is 0. The molecule has 25 heavy (non-hydrogen) atoms. The minimum absolute atomic E-state index is 0.0496. The zero-order chi connectivity index (χ0) is 18.4.